The fourth-order valence-electron chi connectivity index (χ4n) is 3.91. The SMILES string of the molecule is CNC(=S)c1ccc(C2=C(C(=O)OCOC(=O)C(C)(C)C)N3C(=O)C(C(C)O)C3C2)cc1. The van der Waals surface area contributed by atoms with Crippen molar-refractivity contribution in [3.05, 3.63) is 41.1 Å². The molecule has 3 atom stereocenters. The molecule has 32 heavy (non-hydrogen) atoms. The van der Waals surface area contributed by atoms with Crippen LogP contribution in [0.15, 0.2) is 30.0 Å². The summed E-state index contributed by atoms with van der Waals surface area (Å²) < 4.78 is 10.2. The zero-order valence-corrected chi connectivity index (χ0v) is 19.6. The number of β-lactam (4-membered cyclic amide) rings is 1. The summed E-state index contributed by atoms with van der Waals surface area (Å²) in [5.74, 6) is -2.16. The zero-order chi connectivity index (χ0) is 23.8. The molecule has 2 aliphatic heterocycles. The van der Waals surface area contributed by atoms with Gasteiger partial charge in [0, 0.05) is 12.6 Å². The number of hydrogen-bond donors (Lipinski definition) is 2. The Labute approximate surface area is 192 Å². The Hall–Kier alpha value is -2.78. The zero-order valence-electron chi connectivity index (χ0n) is 18.8. The number of thiocarbonyl (C=S) groups is 1. The van der Waals surface area contributed by atoms with Gasteiger partial charge < -0.3 is 24.8 Å². The van der Waals surface area contributed by atoms with Gasteiger partial charge in [-0.3, -0.25) is 9.59 Å². The lowest BCUT2D eigenvalue weighted by Gasteiger charge is -2.44. The number of rotatable bonds is 6. The van der Waals surface area contributed by atoms with Gasteiger partial charge in [-0.15, -0.1) is 0 Å². The van der Waals surface area contributed by atoms with Gasteiger partial charge in [0.05, 0.1) is 23.5 Å². The molecule has 1 amide bonds. The number of esters is 2. The van der Waals surface area contributed by atoms with Gasteiger partial charge in [0.2, 0.25) is 12.7 Å². The number of aliphatic hydroxyl groups excluding tert-OH is 1. The Bertz CT molecular complexity index is 977. The summed E-state index contributed by atoms with van der Waals surface area (Å²) in [5.41, 5.74) is 1.60. The van der Waals surface area contributed by atoms with Crippen LogP contribution in [0, 0.1) is 11.3 Å². The van der Waals surface area contributed by atoms with E-state index in [1.807, 2.05) is 24.3 Å². The molecule has 1 fully saturated rings. The van der Waals surface area contributed by atoms with Gasteiger partial charge in [-0.1, -0.05) is 36.5 Å². The van der Waals surface area contributed by atoms with Gasteiger partial charge in [-0.2, -0.15) is 0 Å². The van der Waals surface area contributed by atoms with Crippen molar-refractivity contribution in [1.82, 2.24) is 10.2 Å². The molecule has 0 aliphatic carbocycles. The summed E-state index contributed by atoms with van der Waals surface area (Å²) in [5, 5.41) is 12.9. The standard InChI is InChI=1S/C23H28N2O6S/c1-12(26)17-16-10-15(13-6-8-14(9-7-13)19(32)24-5)18(25(16)20(17)27)21(28)30-11-31-22(29)23(2,3)4/h6-9,12,16-17,26H,10-11H2,1-5H3,(H,24,32). The normalized spacial score (nSPS) is 20.9. The maximum absolute atomic E-state index is 12.9. The largest absolute Gasteiger partial charge is 0.427 e. The van der Waals surface area contributed by atoms with E-state index in [4.69, 9.17) is 21.7 Å². The van der Waals surface area contributed by atoms with Crippen LogP contribution in [0.25, 0.3) is 5.57 Å². The molecular weight excluding hydrogens is 432 g/mol. The Morgan fingerprint density at radius 2 is 1.88 bits per heavy atom. The summed E-state index contributed by atoms with van der Waals surface area (Å²) >= 11 is 5.25. The topological polar surface area (TPSA) is 105 Å². The van der Waals surface area contributed by atoms with Crippen LogP contribution in [0.2, 0.25) is 0 Å². The first-order valence-electron chi connectivity index (χ1n) is 10.4. The molecule has 0 aromatic heterocycles. The van der Waals surface area contributed by atoms with Crippen molar-refractivity contribution in [3.63, 3.8) is 0 Å². The van der Waals surface area contributed by atoms with Gasteiger partial charge in [-0.25, -0.2) is 4.79 Å². The monoisotopic (exact) mass is 460 g/mol. The number of amides is 1. The predicted molar refractivity (Wildman–Crippen MR) is 121 cm³/mol. The van der Waals surface area contributed by atoms with E-state index < -0.39 is 36.2 Å². The number of aliphatic hydroxyl groups is 1. The molecule has 0 saturated carbocycles. The van der Waals surface area contributed by atoms with Crippen LogP contribution in [0.4, 0.5) is 0 Å². The van der Waals surface area contributed by atoms with Crippen LogP contribution in [0.1, 0.15) is 45.2 Å². The van der Waals surface area contributed by atoms with Crippen LogP contribution in [-0.4, -0.2) is 58.8 Å². The number of hydrogen-bond acceptors (Lipinski definition) is 7. The number of ether oxygens (including phenoxy) is 2. The second-order valence-corrected chi connectivity index (χ2v) is 9.37. The summed E-state index contributed by atoms with van der Waals surface area (Å²) in [7, 11) is 1.74. The van der Waals surface area contributed by atoms with Crippen molar-refractivity contribution >= 4 is 40.6 Å². The van der Waals surface area contributed by atoms with E-state index >= 15 is 0 Å². The van der Waals surface area contributed by atoms with Gasteiger partial charge >= 0.3 is 11.9 Å². The highest BCUT2D eigenvalue weighted by atomic mass is 32.1. The van der Waals surface area contributed by atoms with Crippen LogP contribution in [-0.2, 0) is 23.9 Å². The fraction of sp³-hybridized carbons (Fsp3) is 0.478. The van der Waals surface area contributed by atoms with E-state index in [0.717, 1.165) is 11.1 Å². The summed E-state index contributed by atoms with van der Waals surface area (Å²) in [4.78, 5) is 39.5. The molecule has 9 heteroatoms. The maximum atomic E-state index is 12.9. The third kappa shape index (κ3) is 4.40. The minimum Gasteiger partial charge on any atom is -0.427 e. The van der Waals surface area contributed by atoms with Crippen LogP contribution >= 0.6 is 12.2 Å². The molecule has 1 saturated heterocycles. The number of carbonyl (C=O) groups is 3. The molecule has 1 aromatic rings. The minimum absolute atomic E-state index is 0.118. The lowest BCUT2D eigenvalue weighted by Crippen LogP contribution is -2.61. The highest BCUT2D eigenvalue weighted by Gasteiger charge is 2.57. The Balaban J connectivity index is 1.86. The quantitative estimate of drug-likeness (QED) is 0.287. The summed E-state index contributed by atoms with van der Waals surface area (Å²) in [6.07, 6.45) is -0.424. The van der Waals surface area contributed by atoms with Crippen molar-refractivity contribution in [1.29, 1.82) is 0 Å². The first-order valence-corrected chi connectivity index (χ1v) is 10.8. The van der Waals surface area contributed by atoms with E-state index in [0.29, 0.717) is 17.0 Å². The van der Waals surface area contributed by atoms with E-state index in [1.165, 1.54) is 4.90 Å². The lowest BCUT2D eigenvalue weighted by atomic mass is 9.82. The van der Waals surface area contributed by atoms with Crippen LogP contribution < -0.4 is 5.32 Å². The molecule has 2 aliphatic rings. The van der Waals surface area contributed by atoms with Crippen molar-refractivity contribution in [2.24, 2.45) is 11.3 Å². The predicted octanol–water partition coefficient (Wildman–Crippen LogP) is 1.99. The van der Waals surface area contributed by atoms with E-state index in [-0.39, 0.29) is 17.6 Å². The number of nitrogens with one attached hydrogen (secondary N) is 1. The van der Waals surface area contributed by atoms with Crippen LogP contribution in [0.5, 0.6) is 0 Å². The summed E-state index contributed by atoms with van der Waals surface area (Å²) in [6, 6.07) is 7.00. The van der Waals surface area contributed by atoms with Crippen LogP contribution in [0.3, 0.4) is 0 Å². The highest BCUT2D eigenvalue weighted by molar-refractivity contribution is 7.80. The highest BCUT2D eigenvalue weighted by Crippen LogP contribution is 2.47. The number of benzene rings is 1. The first kappa shape index (κ1) is 23.9. The smallest absolute Gasteiger partial charge is 0.358 e. The molecule has 172 valence electrons. The fourth-order valence-corrected chi connectivity index (χ4v) is 4.04. The number of fused-ring (bicyclic) bond motifs is 1. The van der Waals surface area contributed by atoms with Gasteiger partial charge in [0.25, 0.3) is 0 Å². The molecule has 0 spiro atoms. The average Bonchev–Trinajstić information content (AvgIpc) is 3.07. The van der Waals surface area contributed by atoms with Gasteiger partial charge in [0.1, 0.15) is 10.7 Å². The third-order valence-corrected chi connectivity index (χ3v) is 6.08. The first-order chi connectivity index (χ1) is 15.0. The maximum Gasteiger partial charge on any atom is 0.358 e. The number of nitrogens with zero attached hydrogens (tertiary/aromatic N) is 1. The Morgan fingerprint density at radius 3 is 2.41 bits per heavy atom. The van der Waals surface area contributed by atoms with Crippen molar-refractivity contribution < 1.29 is 29.0 Å². The Morgan fingerprint density at radius 1 is 1.25 bits per heavy atom. The van der Waals surface area contributed by atoms with Crippen molar-refractivity contribution in [3.8, 4) is 0 Å². The molecule has 0 radical (unpaired) electrons. The third-order valence-electron chi connectivity index (χ3n) is 5.64. The molecule has 0 bridgehead atoms. The van der Waals surface area contributed by atoms with E-state index in [2.05, 4.69) is 5.32 Å². The molecular formula is C23H28N2O6S. The van der Waals surface area contributed by atoms with E-state index in [1.54, 1.807) is 34.7 Å². The molecule has 8 nitrogen and oxygen atoms in total. The van der Waals surface area contributed by atoms with Crippen molar-refractivity contribution in [2.45, 2.75) is 46.3 Å². The minimum atomic E-state index is -0.830. The molecule has 2 N–H and O–H groups in total. The summed E-state index contributed by atoms with van der Waals surface area (Å²) in [6.45, 7) is 6.09. The Kier molecular flexibility index (Phi) is 6.71. The van der Waals surface area contributed by atoms with E-state index in [9.17, 15) is 19.5 Å². The second-order valence-electron chi connectivity index (χ2n) is 8.96. The van der Waals surface area contributed by atoms with Gasteiger partial charge in [0.15, 0.2) is 0 Å². The molecule has 1 aromatic carbocycles. The average molecular weight is 461 g/mol. The van der Waals surface area contributed by atoms with Gasteiger partial charge in [-0.05, 0) is 45.3 Å². The number of carbonyl (C=O) groups excluding carboxylic acids is 3. The molecule has 3 unspecified atom stereocenters. The second kappa shape index (κ2) is 8.99. The lowest BCUT2D eigenvalue weighted by molar-refractivity contribution is -0.175. The van der Waals surface area contributed by atoms with Crippen molar-refractivity contribution in [2.75, 3.05) is 13.8 Å². The molecule has 3 rings (SSSR count). The molecule has 2 heterocycles.